The molecule has 1 aliphatic carbocycles. The maximum atomic E-state index is 11.5. The standard InChI is InChI=1S/C12H15NO2/c1-7-3-4-8-6-10(12(14)15-2)11(13)9(8)5-7/h3-5,10-11H,6,13H2,1-2H3. The van der Waals surface area contributed by atoms with Crippen LogP contribution in [0.25, 0.3) is 0 Å². The van der Waals surface area contributed by atoms with Gasteiger partial charge in [-0.3, -0.25) is 4.79 Å². The fourth-order valence-corrected chi connectivity index (χ4v) is 2.17. The molecular weight excluding hydrogens is 190 g/mol. The predicted octanol–water partition coefficient (Wildman–Crippen LogP) is 1.34. The molecule has 0 saturated carbocycles. The largest absolute Gasteiger partial charge is 0.469 e. The molecule has 0 amide bonds. The van der Waals surface area contributed by atoms with E-state index in [0.29, 0.717) is 6.42 Å². The smallest absolute Gasteiger partial charge is 0.310 e. The van der Waals surface area contributed by atoms with E-state index in [1.807, 2.05) is 19.1 Å². The number of carbonyl (C=O) groups is 1. The van der Waals surface area contributed by atoms with Gasteiger partial charge in [-0.1, -0.05) is 23.8 Å². The first-order valence-electron chi connectivity index (χ1n) is 5.06. The molecule has 0 spiro atoms. The fourth-order valence-electron chi connectivity index (χ4n) is 2.17. The minimum absolute atomic E-state index is 0.212. The summed E-state index contributed by atoms with van der Waals surface area (Å²) >= 11 is 0. The van der Waals surface area contributed by atoms with E-state index >= 15 is 0 Å². The quantitative estimate of drug-likeness (QED) is 0.704. The molecule has 80 valence electrons. The molecule has 3 heteroatoms. The molecule has 1 aromatic rings. The lowest BCUT2D eigenvalue weighted by Gasteiger charge is -2.13. The summed E-state index contributed by atoms with van der Waals surface area (Å²) in [5.41, 5.74) is 9.47. The molecule has 1 aromatic carbocycles. The van der Waals surface area contributed by atoms with Crippen molar-refractivity contribution in [1.82, 2.24) is 0 Å². The third-order valence-electron chi connectivity index (χ3n) is 3.04. The molecule has 15 heavy (non-hydrogen) atoms. The van der Waals surface area contributed by atoms with Crippen LogP contribution in [0.5, 0.6) is 0 Å². The Bertz CT molecular complexity index is 401. The SMILES string of the molecule is COC(=O)C1Cc2ccc(C)cc2C1N. The summed E-state index contributed by atoms with van der Waals surface area (Å²) < 4.78 is 4.75. The van der Waals surface area contributed by atoms with Gasteiger partial charge in [0.1, 0.15) is 0 Å². The molecule has 0 aliphatic heterocycles. The third-order valence-corrected chi connectivity index (χ3v) is 3.04. The Balaban J connectivity index is 2.33. The van der Waals surface area contributed by atoms with E-state index in [0.717, 1.165) is 5.56 Å². The van der Waals surface area contributed by atoms with Crippen molar-refractivity contribution >= 4 is 5.97 Å². The number of hydrogen-bond donors (Lipinski definition) is 1. The van der Waals surface area contributed by atoms with Crippen LogP contribution in [0.4, 0.5) is 0 Å². The minimum atomic E-state index is -0.216. The van der Waals surface area contributed by atoms with Gasteiger partial charge < -0.3 is 10.5 Å². The van der Waals surface area contributed by atoms with Gasteiger partial charge in [0, 0.05) is 6.04 Å². The predicted molar refractivity (Wildman–Crippen MR) is 57.3 cm³/mol. The Morgan fingerprint density at radius 1 is 1.53 bits per heavy atom. The molecule has 1 aliphatic rings. The number of nitrogens with two attached hydrogens (primary N) is 1. The van der Waals surface area contributed by atoms with E-state index < -0.39 is 0 Å². The second-order valence-corrected chi connectivity index (χ2v) is 4.06. The van der Waals surface area contributed by atoms with E-state index in [4.69, 9.17) is 10.5 Å². The lowest BCUT2D eigenvalue weighted by molar-refractivity contribution is -0.145. The van der Waals surface area contributed by atoms with Gasteiger partial charge in [-0.2, -0.15) is 0 Å². The molecule has 0 saturated heterocycles. The van der Waals surface area contributed by atoms with Crippen molar-refractivity contribution in [2.45, 2.75) is 19.4 Å². The van der Waals surface area contributed by atoms with Crippen molar-refractivity contribution in [3.8, 4) is 0 Å². The zero-order chi connectivity index (χ0) is 11.0. The number of hydrogen-bond acceptors (Lipinski definition) is 3. The fraction of sp³-hybridized carbons (Fsp3) is 0.417. The molecule has 0 bridgehead atoms. The highest BCUT2D eigenvalue weighted by atomic mass is 16.5. The van der Waals surface area contributed by atoms with Crippen molar-refractivity contribution in [3.05, 3.63) is 34.9 Å². The molecule has 2 N–H and O–H groups in total. The van der Waals surface area contributed by atoms with E-state index in [-0.39, 0.29) is 17.9 Å². The van der Waals surface area contributed by atoms with Crippen molar-refractivity contribution in [1.29, 1.82) is 0 Å². The Kier molecular flexibility index (Phi) is 2.49. The molecule has 3 nitrogen and oxygen atoms in total. The zero-order valence-electron chi connectivity index (χ0n) is 8.99. The van der Waals surface area contributed by atoms with E-state index in [9.17, 15) is 4.79 Å². The summed E-state index contributed by atoms with van der Waals surface area (Å²) in [4.78, 5) is 11.5. The summed E-state index contributed by atoms with van der Waals surface area (Å²) in [7, 11) is 1.41. The van der Waals surface area contributed by atoms with Gasteiger partial charge in [-0.25, -0.2) is 0 Å². The Hall–Kier alpha value is -1.35. The maximum Gasteiger partial charge on any atom is 0.310 e. The van der Waals surface area contributed by atoms with Crippen LogP contribution in [-0.4, -0.2) is 13.1 Å². The molecule has 0 fully saturated rings. The van der Waals surface area contributed by atoms with Crippen LogP contribution in [0.1, 0.15) is 22.7 Å². The highest BCUT2D eigenvalue weighted by Gasteiger charge is 2.35. The van der Waals surface area contributed by atoms with Crippen LogP contribution >= 0.6 is 0 Å². The van der Waals surface area contributed by atoms with Gasteiger partial charge in [-0.05, 0) is 24.5 Å². The zero-order valence-corrected chi connectivity index (χ0v) is 8.99. The number of carbonyl (C=O) groups excluding carboxylic acids is 1. The maximum absolute atomic E-state index is 11.5. The van der Waals surface area contributed by atoms with Crippen LogP contribution < -0.4 is 5.73 Å². The number of benzene rings is 1. The van der Waals surface area contributed by atoms with Gasteiger partial charge in [0.25, 0.3) is 0 Å². The number of fused-ring (bicyclic) bond motifs is 1. The third kappa shape index (κ3) is 1.63. The normalized spacial score (nSPS) is 23.7. The van der Waals surface area contributed by atoms with Crippen LogP contribution in [0.2, 0.25) is 0 Å². The average molecular weight is 205 g/mol. The molecule has 2 unspecified atom stereocenters. The number of methoxy groups -OCH3 is 1. The number of esters is 1. The van der Waals surface area contributed by atoms with Crippen molar-refractivity contribution < 1.29 is 9.53 Å². The first-order valence-corrected chi connectivity index (χ1v) is 5.06. The van der Waals surface area contributed by atoms with Crippen molar-refractivity contribution in [2.24, 2.45) is 11.7 Å². The average Bonchev–Trinajstić information content (AvgIpc) is 2.55. The molecule has 0 heterocycles. The van der Waals surface area contributed by atoms with E-state index in [1.54, 1.807) is 0 Å². The van der Waals surface area contributed by atoms with Gasteiger partial charge in [0.2, 0.25) is 0 Å². The van der Waals surface area contributed by atoms with Crippen molar-refractivity contribution in [3.63, 3.8) is 0 Å². The van der Waals surface area contributed by atoms with E-state index in [1.165, 1.54) is 18.2 Å². The van der Waals surface area contributed by atoms with Crippen molar-refractivity contribution in [2.75, 3.05) is 7.11 Å². The van der Waals surface area contributed by atoms with Gasteiger partial charge >= 0.3 is 5.97 Å². The van der Waals surface area contributed by atoms with Crippen LogP contribution in [0.15, 0.2) is 18.2 Å². The highest BCUT2D eigenvalue weighted by Crippen LogP contribution is 2.35. The summed E-state index contributed by atoms with van der Waals surface area (Å²) in [6.45, 7) is 2.03. The number of aryl methyl sites for hydroxylation is 1. The lowest BCUT2D eigenvalue weighted by atomic mass is 10.0. The summed E-state index contributed by atoms with van der Waals surface area (Å²) in [6.07, 6.45) is 0.698. The second-order valence-electron chi connectivity index (χ2n) is 4.06. The van der Waals surface area contributed by atoms with Crippen LogP contribution in [0.3, 0.4) is 0 Å². The minimum Gasteiger partial charge on any atom is -0.469 e. The van der Waals surface area contributed by atoms with Gasteiger partial charge in [0.05, 0.1) is 13.0 Å². The molecule has 2 rings (SSSR count). The van der Waals surface area contributed by atoms with E-state index in [2.05, 4.69) is 6.07 Å². The van der Waals surface area contributed by atoms with Crippen LogP contribution in [0, 0.1) is 12.8 Å². The van der Waals surface area contributed by atoms with Crippen LogP contribution in [-0.2, 0) is 16.0 Å². The van der Waals surface area contributed by atoms with Gasteiger partial charge in [-0.15, -0.1) is 0 Å². The lowest BCUT2D eigenvalue weighted by Crippen LogP contribution is -2.25. The topological polar surface area (TPSA) is 52.3 Å². The summed E-state index contributed by atoms with van der Waals surface area (Å²) in [6, 6.07) is 5.94. The molecular formula is C12H15NO2. The monoisotopic (exact) mass is 205 g/mol. The number of ether oxygens (including phenoxy) is 1. The molecule has 0 radical (unpaired) electrons. The highest BCUT2D eigenvalue weighted by molar-refractivity contribution is 5.75. The molecule has 2 atom stereocenters. The second kappa shape index (κ2) is 3.66. The number of rotatable bonds is 1. The van der Waals surface area contributed by atoms with Gasteiger partial charge in [0.15, 0.2) is 0 Å². The first-order chi connectivity index (χ1) is 7.13. The first kappa shape index (κ1) is 10.2. The Labute approximate surface area is 89.2 Å². The Morgan fingerprint density at radius 3 is 2.93 bits per heavy atom. The summed E-state index contributed by atoms with van der Waals surface area (Å²) in [5, 5.41) is 0. The Morgan fingerprint density at radius 2 is 2.27 bits per heavy atom. The summed E-state index contributed by atoms with van der Waals surface area (Å²) in [5.74, 6) is -0.428. The molecule has 0 aromatic heterocycles.